The lowest BCUT2D eigenvalue weighted by atomic mass is 9.46. The first-order valence-corrected chi connectivity index (χ1v) is 25.8. The number of benzene rings is 10. The van der Waals surface area contributed by atoms with Crippen molar-refractivity contribution in [1.29, 1.82) is 0 Å². The maximum absolute atomic E-state index is 5.60. The van der Waals surface area contributed by atoms with Gasteiger partial charge in [-0.25, -0.2) is 4.98 Å². The van der Waals surface area contributed by atoms with Crippen molar-refractivity contribution in [3.63, 3.8) is 0 Å². The molecule has 69 heavy (non-hydrogen) atoms. The zero-order valence-electron chi connectivity index (χ0n) is 38.1. The number of anilines is 2. The highest BCUT2D eigenvalue weighted by molar-refractivity contribution is 7.20. The molecule has 2 heterocycles. The van der Waals surface area contributed by atoms with Crippen molar-refractivity contribution in [3.8, 4) is 55.9 Å². The Balaban J connectivity index is 1.12. The summed E-state index contributed by atoms with van der Waals surface area (Å²) in [5, 5.41) is 5.24. The molecule has 0 N–H and O–H groups in total. The molecule has 2 nitrogen and oxygen atoms in total. The van der Waals surface area contributed by atoms with Gasteiger partial charge in [0.05, 0.1) is 11.4 Å². The van der Waals surface area contributed by atoms with Crippen LogP contribution in [0, 0.1) is 0 Å². The van der Waals surface area contributed by atoms with Crippen molar-refractivity contribution >= 4 is 58.0 Å². The van der Waals surface area contributed by atoms with E-state index in [9.17, 15) is 0 Å². The lowest BCUT2D eigenvalue weighted by Crippen LogP contribution is -2.74. The van der Waals surface area contributed by atoms with Gasteiger partial charge in [-0.2, -0.15) is 0 Å². The van der Waals surface area contributed by atoms with Crippen molar-refractivity contribution in [3.05, 3.63) is 285 Å². The van der Waals surface area contributed by atoms with Crippen LogP contribution in [0.2, 0.25) is 0 Å². The molecule has 0 atom stereocenters. The van der Waals surface area contributed by atoms with Gasteiger partial charge in [0.15, 0.2) is 8.07 Å². The topological polar surface area (TPSA) is 16.1 Å². The molecule has 1 aliphatic heterocycles. The second-order valence-corrected chi connectivity index (χ2v) is 21.7. The SMILES string of the molecule is c1ccc(B2c3ccccc3-c3ccccc3N2c2cc(-c3ccccc3)nc(-c3cccc([Si](c4ccccc4)(c4ccccc4)c4cc(-c5ccccc5)cc(-c5ccccc5)c4)c3)c2)cc1. The van der Waals surface area contributed by atoms with Crippen LogP contribution in [0.4, 0.5) is 11.4 Å². The highest BCUT2D eigenvalue weighted by Crippen LogP contribution is 2.41. The summed E-state index contributed by atoms with van der Waals surface area (Å²) in [5.41, 5.74) is 16.0. The monoisotopic (exact) mass is 894 g/mol. The Labute approximate surface area is 406 Å². The second kappa shape index (κ2) is 18.3. The van der Waals surface area contributed by atoms with Crippen LogP contribution in [0.3, 0.4) is 0 Å². The predicted octanol–water partition coefficient (Wildman–Crippen LogP) is 12.1. The minimum Gasteiger partial charge on any atom is -0.376 e. The Hall–Kier alpha value is -8.57. The van der Waals surface area contributed by atoms with Gasteiger partial charge in [0, 0.05) is 28.1 Å². The van der Waals surface area contributed by atoms with Crippen LogP contribution in [0.5, 0.6) is 0 Å². The van der Waals surface area contributed by atoms with Gasteiger partial charge < -0.3 is 4.81 Å². The maximum Gasteiger partial charge on any atom is 0.328 e. The van der Waals surface area contributed by atoms with Crippen LogP contribution in [0.1, 0.15) is 0 Å². The predicted molar refractivity (Wildman–Crippen MR) is 295 cm³/mol. The Kier molecular flexibility index (Phi) is 11.1. The first kappa shape index (κ1) is 41.8. The summed E-state index contributed by atoms with van der Waals surface area (Å²) in [4.78, 5) is 8.15. The number of pyridine rings is 1. The molecular weight excluding hydrogens is 848 g/mol. The van der Waals surface area contributed by atoms with E-state index in [2.05, 4.69) is 290 Å². The third kappa shape index (κ3) is 7.71. The number of hydrogen-bond acceptors (Lipinski definition) is 2. The summed E-state index contributed by atoms with van der Waals surface area (Å²) < 4.78 is 0. The fourth-order valence-electron chi connectivity index (χ4n) is 10.7. The van der Waals surface area contributed by atoms with E-state index in [1.54, 1.807) is 0 Å². The Morgan fingerprint density at radius 1 is 0.304 bits per heavy atom. The van der Waals surface area contributed by atoms with E-state index >= 15 is 0 Å². The van der Waals surface area contributed by atoms with Crippen molar-refractivity contribution in [2.75, 3.05) is 4.81 Å². The van der Waals surface area contributed by atoms with Gasteiger partial charge in [0.2, 0.25) is 0 Å². The van der Waals surface area contributed by atoms with E-state index in [4.69, 9.17) is 4.98 Å². The molecular formula is C65H47BN2Si. The molecule has 1 aromatic heterocycles. The first-order valence-electron chi connectivity index (χ1n) is 23.8. The van der Waals surface area contributed by atoms with Crippen LogP contribution in [0.25, 0.3) is 55.9 Å². The maximum atomic E-state index is 5.60. The minimum absolute atomic E-state index is 0.0746. The molecule has 1 aliphatic rings. The Morgan fingerprint density at radius 3 is 1.33 bits per heavy atom. The number of para-hydroxylation sites is 1. The van der Waals surface area contributed by atoms with Crippen molar-refractivity contribution in [2.24, 2.45) is 0 Å². The number of hydrogen-bond donors (Lipinski definition) is 0. The third-order valence-electron chi connectivity index (χ3n) is 13.8. The zero-order valence-corrected chi connectivity index (χ0v) is 39.1. The normalized spacial score (nSPS) is 12.0. The molecule has 0 spiro atoms. The number of nitrogens with zero attached hydrogens (tertiary/aromatic N) is 2. The number of fused-ring (bicyclic) bond motifs is 3. The van der Waals surface area contributed by atoms with E-state index in [1.165, 1.54) is 70.7 Å². The van der Waals surface area contributed by atoms with Gasteiger partial charge in [0.25, 0.3) is 0 Å². The Morgan fingerprint density at radius 2 is 0.739 bits per heavy atom. The van der Waals surface area contributed by atoms with Gasteiger partial charge in [-0.1, -0.05) is 266 Å². The molecule has 10 aromatic carbocycles. The number of rotatable bonds is 10. The van der Waals surface area contributed by atoms with Crippen molar-refractivity contribution in [1.82, 2.24) is 4.98 Å². The van der Waals surface area contributed by atoms with E-state index in [0.717, 1.165) is 28.2 Å². The van der Waals surface area contributed by atoms with Gasteiger partial charge in [-0.15, -0.1) is 0 Å². The van der Waals surface area contributed by atoms with Crippen LogP contribution in [-0.2, 0) is 0 Å². The molecule has 0 saturated carbocycles. The quantitative estimate of drug-likeness (QED) is 0.100. The zero-order chi connectivity index (χ0) is 46.0. The van der Waals surface area contributed by atoms with E-state index < -0.39 is 8.07 Å². The lowest BCUT2D eigenvalue weighted by Gasteiger charge is -2.39. The molecule has 0 fully saturated rings. The largest absolute Gasteiger partial charge is 0.376 e. The summed E-state index contributed by atoms with van der Waals surface area (Å²) >= 11 is 0. The van der Waals surface area contributed by atoms with E-state index in [-0.39, 0.29) is 6.85 Å². The van der Waals surface area contributed by atoms with Crippen LogP contribution in [0.15, 0.2) is 285 Å². The highest BCUT2D eigenvalue weighted by atomic mass is 28.3. The average Bonchev–Trinajstić information content (AvgIpc) is 3.44. The summed E-state index contributed by atoms with van der Waals surface area (Å²) in [7, 11) is -3.10. The van der Waals surface area contributed by atoms with Gasteiger partial charge in [-0.3, -0.25) is 0 Å². The van der Waals surface area contributed by atoms with Gasteiger partial charge in [0.1, 0.15) is 0 Å². The highest BCUT2D eigenvalue weighted by Gasteiger charge is 2.42. The summed E-state index contributed by atoms with van der Waals surface area (Å²) in [6, 6.07) is 105. The Bertz CT molecular complexity index is 3450. The summed E-state index contributed by atoms with van der Waals surface area (Å²) in [6.07, 6.45) is 0. The van der Waals surface area contributed by atoms with Crippen LogP contribution < -0.4 is 36.5 Å². The minimum atomic E-state index is -3.10. The fourth-order valence-corrected chi connectivity index (χ4v) is 15.6. The molecule has 0 unspecified atom stereocenters. The van der Waals surface area contributed by atoms with E-state index in [1.807, 2.05) is 0 Å². The second-order valence-electron chi connectivity index (χ2n) is 17.8. The average molecular weight is 895 g/mol. The van der Waals surface area contributed by atoms with Crippen LogP contribution in [-0.4, -0.2) is 19.9 Å². The van der Waals surface area contributed by atoms with Gasteiger partial charge in [-0.05, 0) is 78.3 Å². The molecule has 324 valence electrons. The molecule has 0 bridgehead atoms. The summed E-state index contributed by atoms with van der Waals surface area (Å²) in [6.45, 7) is -0.0746. The number of aromatic nitrogens is 1. The van der Waals surface area contributed by atoms with Crippen LogP contribution >= 0.6 is 0 Å². The lowest BCUT2D eigenvalue weighted by molar-refractivity contribution is 1.28. The molecule has 0 saturated heterocycles. The standard InChI is InChI=1S/C65H47BN2Si/c1-7-24-48(25-8-1)52-42-53(49-26-9-2-10-27-49)45-59(44-52)69(56-33-15-5-16-34-56,57-35-17-6-18-36-57)58-37-23-30-51(43-58)64-47-55(46-63(67-64)50-28-11-3-12-29-50)68-65-41-22-20-39-61(65)60-38-19-21-40-62(60)66(68)54-31-13-4-14-32-54/h1-47H. The molecule has 0 radical (unpaired) electrons. The molecule has 0 amide bonds. The molecule has 0 aliphatic carbocycles. The van der Waals surface area contributed by atoms with Crippen molar-refractivity contribution < 1.29 is 0 Å². The summed E-state index contributed by atoms with van der Waals surface area (Å²) in [5.74, 6) is 0. The molecule has 4 heteroatoms. The van der Waals surface area contributed by atoms with Crippen molar-refractivity contribution in [2.45, 2.75) is 0 Å². The fraction of sp³-hybridized carbons (Fsp3) is 0. The molecule has 11 aromatic rings. The third-order valence-corrected chi connectivity index (χ3v) is 18.6. The van der Waals surface area contributed by atoms with Gasteiger partial charge >= 0.3 is 6.85 Å². The smallest absolute Gasteiger partial charge is 0.328 e. The molecule has 12 rings (SSSR count). The van der Waals surface area contributed by atoms with E-state index in [0.29, 0.717) is 0 Å². The first-order chi connectivity index (χ1) is 34.2.